The van der Waals surface area contributed by atoms with Gasteiger partial charge >= 0.3 is 0 Å². The lowest BCUT2D eigenvalue weighted by Gasteiger charge is -2.16. The number of hydrogen-bond acceptors (Lipinski definition) is 2. The van der Waals surface area contributed by atoms with Crippen molar-refractivity contribution in [2.24, 2.45) is 0 Å². The predicted octanol–water partition coefficient (Wildman–Crippen LogP) is 5.38. The largest absolute Gasteiger partial charge is 0.331 e. The molecule has 0 saturated carbocycles. The minimum atomic E-state index is -0.135. The maximum atomic E-state index is 13.1. The molecule has 5 rings (SSSR count). The molecule has 0 spiro atoms. The lowest BCUT2D eigenvalue weighted by molar-refractivity contribution is -0.116. The molecule has 1 amide bonds. The zero-order valence-corrected chi connectivity index (χ0v) is 17.5. The Morgan fingerprint density at radius 1 is 0.688 bits per heavy atom. The van der Waals surface area contributed by atoms with E-state index in [1.165, 1.54) is 5.56 Å². The fourth-order valence-corrected chi connectivity index (χ4v) is 4.19. The number of rotatable bonds is 5. The molecule has 4 aromatic carbocycles. The standard InChI is InChI=1S/C28H22N2O2/c31-27(29-24-15-7-4-12-21(24)18-20-10-2-1-3-11-20)19-30-25-16-8-5-13-22(25)28(32)23-14-6-9-17-26(23)30/h1-17H,18-19H2,(H,29,31). The number of amides is 1. The molecule has 0 fully saturated rings. The van der Waals surface area contributed by atoms with Crippen molar-refractivity contribution in [2.75, 3.05) is 5.32 Å². The highest BCUT2D eigenvalue weighted by molar-refractivity contribution is 5.97. The van der Waals surface area contributed by atoms with E-state index < -0.39 is 0 Å². The Morgan fingerprint density at radius 2 is 1.25 bits per heavy atom. The molecule has 4 nitrogen and oxygen atoms in total. The minimum absolute atomic E-state index is 0.0129. The van der Waals surface area contributed by atoms with Gasteiger partial charge in [-0.2, -0.15) is 0 Å². The van der Waals surface area contributed by atoms with Gasteiger partial charge in [-0.15, -0.1) is 0 Å². The van der Waals surface area contributed by atoms with Crippen LogP contribution >= 0.6 is 0 Å². The molecule has 0 unspecified atom stereocenters. The van der Waals surface area contributed by atoms with Gasteiger partial charge in [0.05, 0.1) is 11.0 Å². The van der Waals surface area contributed by atoms with E-state index in [0.717, 1.165) is 28.7 Å². The molecule has 0 aliphatic rings. The van der Waals surface area contributed by atoms with E-state index in [9.17, 15) is 9.59 Å². The normalized spacial score (nSPS) is 11.0. The van der Waals surface area contributed by atoms with Gasteiger partial charge in [0, 0.05) is 16.5 Å². The third-order valence-electron chi connectivity index (χ3n) is 5.71. The van der Waals surface area contributed by atoms with Crippen LogP contribution in [0.3, 0.4) is 0 Å². The number of hydrogen-bond donors (Lipinski definition) is 1. The van der Waals surface area contributed by atoms with Crippen LogP contribution in [-0.4, -0.2) is 10.5 Å². The Bertz CT molecular complexity index is 1430. The molecule has 0 bridgehead atoms. The third kappa shape index (κ3) is 3.79. The molecule has 0 atom stereocenters. The Balaban J connectivity index is 1.49. The molecule has 0 saturated heterocycles. The Kier molecular flexibility index (Phi) is 5.26. The van der Waals surface area contributed by atoms with Crippen molar-refractivity contribution in [3.05, 3.63) is 124 Å². The van der Waals surface area contributed by atoms with Gasteiger partial charge < -0.3 is 9.88 Å². The van der Waals surface area contributed by atoms with Crippen LogP contribution in [0.1, 0.15) is 11.1 Å². The predicted molar refractivity (Wildman–Crippen MR) is 130 cm³/mol. The van der Waals surface area contributed by atoms with Crippen LogP contribution in [0.4, 0.5) is 5.69 Å². The number of aromatic nitrogens is 1. The number of pyridine rings is 1. The van der Waals surface area contributed by atoms with Gasteiger partial charge in [-0.05, 0) is 47.9 Å². The summed E-state index contributed by atoms with van der Waals surface area (Å²) in [6.45, 7) is 0.112. The second kappa shape index (κ2) is 8.52. The fraction of sp³-hybridized carbons (Fsp3) is 0.0714. The molecule has 0 aliphatic carbocycles. The van der Waals surface area contributed by atoms with Gasteiger partial charge in [-0.1, -0.05) is 72.8 Å². The van der Waals surface area contributed by atoms with Crippen molar-refractivity contribution in [1.29, 1.82) is 0 Å². The summed E-state index contributed by atoms with van der Waals surface area (Å²) >= 11 is 0. The van der Waals surface area contributed by atoms with Crippen molar-refractivity contribution < 1.29 is 4.79 Å². The third-order valence-corrected chi connectivity index (χ3v) is 5.71. The van der Waals surface area contributed by atoms with Crippen LogP contribution in [0.2, 0.25) is 0 Å². The summed E-state index contributed by atoms with van der Waals surface area (Å²) in [6, 6.07) is 32.9. The van der Waals surface area contributed by atoms with Crippen LogP contribution in [-0.2, 0) is 17.8 Å². The Morgan fingerprint density at radius 3 is 1.94 bits per heavy atom. The smallest absolute Gasteiger partial charge is 0.244 e. The summed E-state index contributed by atoms with van der Waals surface area (Å²) in [7, 11) is 0. The van der Waals surface area contributed by atoms with Crippen LogP contribution in [0.15, 0.2) is 108 Å². The molecule has 5 aromatic rings. The van der Waals surface area contributed by atoms with E-state index in [2.05, 4.69) is 17.4 Å². The van der Waals surface area contributed by atoms with E-state index >= 15 is 0 Å². The van der Waals surface area contributed by atoms with Gasteiger partial charge in [0.1, 0.15) is 6.54 Å². The summed E-state index contributed by atoms with van der Waals surface area (Å²) in [5, 5.41) is 4.31. The van der Waals surface area contributed by atoms with Crippen LogP contribution < -0.4 is 10.7 Å². The molecule has 1 heterocycles. The Labute approximate surface area is 185 Å². The second-order valence-corrected chi connectivity index (χ2v) is 7.82. The maximum Gasteiger partial charge on any atom is 0.244 e. The molecular weight excluding hydrogens is 396 g/mol. The lowest BCUT2D eigenvalue weighted by Crippen LogP contribution is -2.22. The number of carbonyl (C=O) groups excluding carboxylic acids is 1. The van der Waals surface area contributed by atoms with Crippen LogP contribution in [0.5, 0.6) is 0 Å². The summed E-state index contributed by atoms with van der Waals surface area (Å²) in [4.78, 5) is 26.1. The average molecular weight is 418 g/mol. The first-order chi connectivity index (χ1) is 15.7. The highest BCUT2D eigenvalue weighted by atomic mass is 16.2. The summed E-state index contributed by atoms with van der Waals surface area (Å²) in [6.07, 6.45) is 0.737. The van der Waals surface area contributed by atoms with Gasteiger partial charge in [-0.3, -0.25) is 9.59 Å². The van der Waals surface area contributed by atoms with Crippen molar-refractivity contribution >= 4 is 33.4 Å². The minimum Gasteiger partial charge on any atom is -0.331 e. The van der Waals surface area contributed by atoms with E-state index in [-0.39, 0.29) is 17.9 Å². The highest BCUT2D eigenvalue weighted by Gasteiger charge is 2.14. The topological polar surface area (TPSA) is 51.1 Å². The summed E-state index contributed by atoms with van der Waals surface area (Å²) in [5.41, 5.74) is 4.54. The molecule has 1 N–H and O–H groups in total. The molecule has 0 radical (unpaired) electrons. The van der Waals surface area contributed by atoms with Crippen molar-refractivity contribution in [3.8, 4) is 0 Å². The SMILES string of the molecule is O=C(Cn1c2ccccc2c(=O)c2ccccc21)Nc1ccccc1Cc1ccccc1. The number of para-hydroxylation sites is 3. The van der Waals surface area contributed by atoms with Crippen LogP contribution in [0, 0.1) is 0 Å². The van der Waals surface area contributed by atoms with Crippen molar-refractivity contribution in [1.82, 2.24) is 4.57 Å². The number of anilines is 1. The zero-order chi connectivity index (χ0) is 21.9. The highest BCUT2D eigenvalue weighted by Crippen LogP contribution is 2.21. The Hall–Kier alpha value is -4.18. The zero-order valence-electron chi connectivity index (χ0n) is 17.5. The molecule has 0 aliphatic heterocycles. The fourth-order valence-electron chi connectivity index (χ4n) is 4.19. The van der Waals surface area contributed by atoms with Gasteiger partial charge in [0.15, 0.2) is 5.43 Å². The number of carbonyl (C=O) groups is 1. The first-order valence-electron chi connectivity index (χ1n) is 10.6. The molecule has 32 heavy (non-hydrogen) atoms. The average Bonchev–Trinajstić information content (AvgIpc) is 2.84. The van der Waals surface area contributed by atoms with Gasteiger partial charge in [-0.25, -0.2) is 0 Å². The summed E-state index contributed by atoms with van der Waals surface area (Å²) < 4.78 is 1.92. The van der Waals surface area contributed by atoms with Crippen molar-refractivity contribution in [2.45, 2.75) is 13.0 Å². The molecule has 156 valence electrons. The first kappa shape index (κ1) is 19.8. The number of nitrogens with one attached hydrogen (secondary N) is 1. The summed E-state index contributed by atoms with van der Waals surface area (Å²) in [5.74, 6) is -0.135. The first-order valence-corrected chi connectivity index (χ1v) is 10.6. The van der Waals surface area contributed by atoms with E-state index in [0.29, 0.717) is 10.8 Å². The number of nitrogens with zero attached hydrogens (tertiary/aromatic N) is 1. The second-order valence-electron chi connectivity index (χ2n) is 7.82. The lowest BCUT2D eigenvalue weighted by atomic mass is 10.0. The number of fused-ring (bicyclic) bond motifs is 2. The van der Waals surface area contributed by atoms with Crippen molar-refractivity contribution in [3.63, 3.8) is 0 Å². The maximum absolute atomic E-state index is 13.1. The van der Waals surface area contributed by atoms with Gasteiger partial charge in [0.25, 0.3) is 0 Å². The molecular formula is C28H22N2O2. The van der Waals surface area contributed by atoms with E-state index in [4.69, 9.17) is 0 Å². The van der Waals surface area contributed by atoms with Crippen LogP contribution in [0.25, 0.3) is 21.8 Å². The number of benzene rings is 4. The quantitative estimate of drug-likeness (QED) is 0.389. The molecule has 4 heteroatoms. The monoisotopic (exact) mass is 418 g/mol. The van der Waals surface area contributed by atoms with Gasteiger partial charge in [0.2, 0.25) is 5.91 Å². The van der Waals surface area contributed by atoms with E-state index in [1.807, 2.05) is 95.6 Å². The van der Waals surface area contributed by atoms with E-state index in [1.54, 1.807) is 0 Å². The molecule has 1 aromatic heterocycles.